The predicted molar refractivity (Wildman–Crippen MR) is 77.7 cm³/mol. The number of carbonyl (C=O) groups is 1. The van der Waals surface area contributed by atoms with E-state index in [0.717, 1.165) is 26.0 Å². The van der Waals surface area contributed by atoms with Crippen molar-refractivity contribution in [1.29, 1.82) is 0 Å². The molecule has 1 aliphatic rings. The van der Waals surface area contributed by atoms with Gasteiger partial charge in [-0.15, -0.1) is 0 Å². The highest BCUT2D eigenvalue weighted by atomic mass is 16.5. The molecule has 0 bridgehead atoms. The van der Waals surface area contributed by atoms with Gasteiger partial charge in [-0.1, -0.05) is 30.3 Å². The molecule has 1 saturated heterocycles. The van der Waals surface area contributed by atoms with E-state index in [2.05, 4.69) is 24.0 Å². The zero-order chi connectivity index (χ0) is 14.4. The number of rotatable bonds is 7. The molecular formula is C16H23NO3. The number of carboxylic acid groups (broad SMARTS) is 1. The van der Waals surface area contributed by atoms with Crippen molar-refractivity contribution in [3.8, 4) is 0 Å². The number of benzene rings is 1. The van der Waals surface area contributed by atoms with Crippen molar-refractivity contribution < 1.29 is 14.6 Å². The lowest BCUT2D eigenvalue weighted by Gasteiger charge is -2.31. The lowest BCUT2D eigenvalue weighted by atomic mass is 10.1. The summed E-state index contributed by atoms with van der Waals surface area (Å²) in [5.74, 6) is -0.748. The van der Waals surface area contributed by atoms with E-state index >= 15 is 0 Å². The van der Waals surface area contributed by atoms with Crippen LogP contribution in [0.2, 0.25) is 0 Å². The molecule has 0 aliphatic carbocycles. The second-order valence-electron chi connectivity index (χ2n) is 5.36. The van der Waals surface area contributed by atoms with Crippen molar-refractivity contribution in [1.82, 2.24) is 4.90 Å². The lowest BCUT2D eigenvalue weighted by Crippen LogP contribution is -2.36. The minimum atomic E-state index is -0.748. The molecule has 2 unspecified atom stereocenters. The third-order valence-electron chi connectivity index (χ3n) is 3.90. The Kier molecular flexibility index (Phi) is 5.56. The molecule has 1 aromatic carbocycles. The standard InChI is InChI=1S/C16H23NO3/c1-13(14-6-3-2-4-7-14)17(10-9-16(18)19)12-15-8-5-11-20-15/h2-4,6-7,13,15H,5,8-12H2,1H3,(H,18,19). The summed E-state index contributed by atoms with van der Waals surface area (Å²) in [6.45, 7) is 4.33. The SMILES string of the molecule is CC(c1ccccc1)N(CCC(=O)O)CC1CCCO1. The Balaban J connectivity index is 2.01. The van der Waals surface area contributed by atoms with Crippen LogP contribution >= 0.6 is 0 Å². The van der Waals surface area contributed by atoms with Gasteiger partial charge in [-0.25, -0.2) is 0 Å². The molecule has 1 fully saturated rings. The Morgan fingerprint density at radius 2 is 2.20 bits per heavy atom. The van der Waals surface area contributed by atoms with E-state index in [1.165, 1.54) is 5.56 Å². The zero-order valence-electron chi connectivity index (χ0n) is 12.0. The fourth-order valence-corrected chi connectivity index (χ4v) is 2.67. The molecule has 0 spiro atoms. The molecule has 0 amide bonds. The summed E-state index contributed by atoms with van der Waals surface area (Å²) in [6, 6.07) is 10.4. The molecule has 2 rings (SSSR count). The number of nitrogens with zero attached hydrogens (tertiary/aromatic N) is 1. The molecule has 0 saturated carbocycles. The van der Waals surface area contributed by atoms with E-state index in [1.54, 1.807) is 0 Å². The monoisotopic (exact) mass is 277 g/mol. The van der Waals surface area contributed by atoms with Crippen LogP contribution in [-0.2, 0) is 9.53 Å². The summed E-state index contributed by atoms with van der Waals surface area (Å²) in [4.78, 5) is 13.1. The fraction of sp³-hybridized carbons (Fsp3) is 0.562. The van der Waals surface area contributed by atoms with Gasteiger partial charge in [0.25, 0.3) is 0 Å². The molecule has 4 heteroatoms. The Labute approximate surface area is 120 Å². The maximum absolute atomic E-state index is 10.8. The summed E-state index contributed by atoms with van der Waals surface area (Å²) in [6.07, 6.45) is 2.60. The molecule has 1 aromatic rings. The van der Waals surface area contributed by atoms with Crippen molar-refractivity contribution >= 4 is 5.97 Å². The van der Waals surface area contributed by atoms with E-state index in [0.29, 0.717) is 6.54 Å². The normalized spacial score (nSPS) is 20.2. The van der Waals surface area contributed by atoms with Gasteiger partial charge in [0.05, 0.1) is 12.5 Å². The van der Waals surface area contributed by atoms with Crippen molar-refractivity contribution in [3.63, 3.8) is 0 Å². The van der Waals surface area contributed by atoms with Crippen LogP contribution in [0.3, 0.4) is 0 Å². The maximum Gasteiger partial charge on any atom is 0.304 e. The number of carboxylic acids is 1. The van der Waals surface area contributed by atoms with Crippen LogP contribution in [0.1, 0.15) is 37.8 Å². The third-order valence-corrected chi connectivity index (χ3v) is 3.90. The molecule has 1 aliphatic heterocycles. The third kappa shape index (κ3) is 4.32. The summed E-state index contributed by atoms with van der Waals surface area (Å²) < 4.78 is 5.69. The number of aliphatic carboxylic acids is 1. The lowest BCUT2D eigenvalue weighted by molar-refractivity contribution is -0.137. The Morgan fingerprint density at radius 3 is 2.80 bits per heavy atom. The van der Waals surface area contributed by atoms with Crippen LogP contribution in [0.25, 0.3) is 0 Å². The highest BCUT2D eigenvalue weighted by molar-refractivity contribution is 5.66. The average molecular weight is 277 g/mol. The first kappa shape index (κ1) is 15.0. The molecule has 0 radical (unpaired) electrons. The molecule has 4 nitrogen and oxygen atoms in total. The Hall–Kier alpha value is -1.39. The second kappa shape index (κ2) is 7.41. The van der Waals surface area contributed by atoms with Crippen molar-refractivity contribution in [2.24, 2.45) is 0 Å². The summed E-state index contributed by atoms with van der Waals surface area (Å²) in [7, 11) is 0. The summed E-state index contributed by atoms with van der Waals surface area (Å²) >= 11 is 0. The van der Waals surface area contributed by atoms with Gasteiger partial charge in [-0.2, -0.15) is 0 Å². The minimum absolute atomic E-state index is 0.171. The van der Waals surface area contributed by atoms with Crippen LogP contribution in [0.4, 0.5) is 0 Å². The first-order valence-electron chi connectivity index (χ1n) is 7.29. The molecule has 1 N–H and O–H groups in total. The first-order chi connectivity index (χ1) is 9.66. The van der Waals surface area contributed by atoms with Crippen molar-refractivity contribution in [2.45, 2.75) is 38.3 Å². The minimum Gasteiger partial charge on any atom is -0.481 e. The fourth-order valence-electron chi connectivity index (χ4n) is 2.67. The van der Waals surface area contributed by atoms with Gasteiger partial charge in [0.1, 0.15) is 0 Å². The van der Waals surface area contributed by atoms with Crippen LogP contribution in [-0.4, -0.2) is 41.8 Å². The molecule has 1 heterocycles. The molecule has 20 heavy (non-hydrogen) atoms. The van der Waals surface area contributed by atoms with Crippen molar-refractivity contribution in [2.75, 3.05) is 19.7 Å². The van der Waals surface area contributed by atoms with Crippen LogP contribution in [0.15, 0.2) is 30.3 Å². The van der Waals surface area contributed by atoms with E-state index in [4.69, 9.17) is 9.84 Å². The summed E-state index contributed by atoms with van der Waals surface area (Å²) in [5.41, 5.74) is 1.22. The molecule has 0 aromatic heterocycles. The van der Waals surface area contributed by atoms with Gasteiger partial charge in [-0.05, 0) is 25.3 Å². The van der Waals surface area contributed by atoms with Gasteiger partial charge < -0.3 is 9.84 Å². The smallest absolute Gasteiger partial charge is 0.304 e. The molecule has 110 valence electrons. The van der Waals surface area contributed by atoms with Gasteiger partial charge in [0.15, 0.2) is 0 Å². The van der Waals surface area contributed by atoms with E-state index in [-0.39, 0.29) is 18.6 Å². The number of ether oxygens (including phenoxy) is 1. The van der Waals surface area contributed by atoms with E-state index in [1.807, 2.05) is 18.2 Å². The van der Waals surface area contributed by atoms with Crippen LogP contribution < -0.4 is 0 Å². The zero-order valence-corrected chi connectivity index (χ0v) is 12.0. The molecule has 2 atom stereocenters. The number of hydrogen-bond donors (Lipinski definition) is 1. The van der Waals surface area contributed by atoms with E-state index in [9.17, 15) is 4.79 Å². The van der Waals surface area contributed by atoms with E-state index < -0.39 is 5.97 Å². The first-order valence-corrected chi connectivity index (χ1v) is 7.29. The van der Waals surface area contributed by atoms with Gasteiger partial charge in [-0.3, -0.25) is 9.69 Å². The van der Waals surface area contributed by atoms with Gasteiger partial charge >= 0.3 is 5.97 Å². The number of hydrogen-bond acceptors (Lipinski definition) is 3. The average Bonchev–Trinajstić information content (AvgIpc) is 2.96. The largest absolute Gasteiger partial charge is 0.481 e. The van der Waals surface area contributed by atoms with Gasteiger partial charge in [0, 0.05) is 25.7 Å². The van der Waals surface area contributed by atoms with Crippen molar-refractivity contribution in [3.05, 3.63) is 35.9 Å². The highest BCUT2D eigenvalue weighted by Crippen LogP contribution is 2.23. The second-order valence-corrected chi connectivity index (χ2v) is 5.36. The maximum atomic E-state index is 10.8. The molecular weight excluding hydrogens is 254 g/mol. The highest BCUT2D eigenvalue weighted by Gasteiger charge is 2.23. The quantitative estimate of drug-likeness (QED) is 0.832. The Morgan fingerprint density at radius 1 is 1.45 bits per heavy atom. The van der Waals surface area contributed by atoms with Crippen LogP contribution in [0, 0.1) is 0 Å². The topological polar surface area (TPSA) is 49.8 Å². The predicted octanol–water partition coefficient (Wildman–Crippen LogP) is 2.70. The van der Waals surface area contributed by atoms with Gasteiger partial charge in [0.2, 0.25) is 0 Å². The Bertz CT molecular complexity index is 415. The summed E-state index contributed by atoms with van der Waals surface area (Å²) in [5, 5.41) is 8.92. The van der Waals surface area contributed by atoms with Crippen LogP contribution in [0.5, 0.6) is 0 Å².